The highest BCUT2D eigenvalue weighted by molar-refractivity contribution is 4.66. The molecule has 14 heavy (non-hydrogen) atoms. The van der Waals surface area contributed by atoms with E-state index in [1.165, 1.54) is 6.42 Å². The molecule has 0 aliphatic rings. The van der Waals surface area contributed by atoms with E-state index in [4.69, 9.17) is 10.5 Å². The fraction of sp³-hybridized carbons (Fsp3) is 1.00. The summed E-state index contributed by atoms with van der Waals surface area (Å²) in [4.78, 5) is 0. The average Bonchev–Trinajstić information content (AvgIpc) is 2.13. The van der Waals surface area contributed by atoms with Gasteiger partial charge in [-0.1, -0.05) is 13.8 Å². The third-order valence-corrected chi connectivity index (χ3v) is 2.28. The second kappa shape index (κ2) is 9.44. The van der Waals surface area contributed by atoms with E-state index in [0.29, 0.717) is 6.04 Å². The van der Waals surface area contributed by atoms with Gasteiger partial charge in [0, 0.05) is 13.2 Å². The minimum atomic E-state index is 0.474. The van der Waals surface area contributed by atoms with E-state index in [1.807, 2.05) is 0 Å². The Morgan fingerprint density at radius 1 is 1.29 bits per heavy atom. The van der Waals surface area contributed by atoms with Crippen LogP contribution in [-0.4, -0.2) is 32.8 Å². The number of hydrogen-bond acceptors (Lipinski definition) is 3. The van der Waals surface area contributed by atoms with Crippen LogP contribution in [0.1, 0.15) is 33.1 Å². The third kappa shape index (κ3) is 8.48. The van der Waals surface area contributed by atoms with Gasteiger partial charge in [-0.05, 0) is 38.3 Å². The highest BCUT2D eigenvalue weighted by atomic mass is 16.5. The molecule has 0 bridgehead atoms. The van der Waals surface area contributed by atoms with Gasteiger partial charge < -0.3 is 15.8 Å². The summed E-state index contributed by atoms with van der Waals surface area (Å²) in [6.07, 6.45) is 3.41. The van der Waals surface area contributed by atoms with Gasteiger partial charge >= 0.3 is 0 Å². The van der Waals surface area contributed by atoms with E-state index in [-0.39, 0.29) is 0 Å². The Bertz CT molecular complexity index is 118. The van der Waals surface area contributed by atoms with Gasteiger partial charge in [-0.2, -0.15) is 0 Å². The number of ether oxygens (including phenoxy) is 1. The predicted molar refractivity (Wildman–Crippen MR) is 61.4 cm³/mol. The molecule has 0 fully saturated rings. The number of hydrogen-bond donors (Lipinski definition) is 2. The molecule has 3 heteroatoms. The summed E-state index contributed by atoms with van der Waals surface area (Å²) >= 11 is 0. The van der Waals surface area contributed by atoms with E-state index in [0.717, 1.165) is 38.5 Å². The lowest BCUT2D eigenvalue weighted by Crippen LogP contribution is -2.34. The molecule has 86 valence electrons. The van der Waals surface area contributed by atoms with Crippen LogP contribution in [0.25, 0.3) is 0 Å². The largest absolute Gasteiger partial charge is 0.383 e. The van der Waals surface area contributed by atoms with Crippen LogP contribution < -0.4 is 11.1 Å². The van der Waals surface area contributed by atoms with Crippen molar-refractivity contribution in [3.63, 3.8) is 0 Å². The molecule has 1 unspecified atom stereocenters. The SMILES string of the molecule is COCC(CCCN)NCCC(C)C. The number of rotatable bonds is 9. The maximum Gasteiger partial charge on any atom is 0.0615 e. The van der Waals surface area contributed by atoms with Crippen molar-refractivity contribution in [1.82, 2.24) is 5.32 Å². The minimum absolute atomic E-state index is 0.474. The van der Waals surface area contributed by atoms with Crippen molar-refractivity contribution >= 4 is 0 Å². The molecular formula is C11H26N2O. The van der Waals surface area contributed by atoms with Gasteiger partial charge in [0.25, 0.3) is 0 Å². The summed E-state index contributed by atoms with van der Waals surface area (Å²) in [5.41, 5.74) is 5.48. The lowest BCUT2D eigenvalue weighted by molar-refractivity contribution is 0.161. The van der Waals surface area contributed by atoms with Gasteiger partial charge in [0.15, 0.2) is 0 Å². The molecule has 0 aromatic carbocycles. The van der Waals surface area contributed by atoms with Crippen molar-refractivity contribution in [3.8, 4) is 0 Å². The molecule has 0 aliphatic heterocycles. The molecule has 3 N–H and O–H groups in total. The Kier molecular flexibility index (Phi) is 9.35. The first kappa shape index (κ1) is 13.9. The number of methoxy groups -OCH3 is 1. The van der Waals surface area contributed by atoms with Gasteiger partial charge in [0.1, 0.15) is 0 Å². The fourth-order valence-electron chi connectivity index (χ4n) is 1.39. The Balaban J connectivity index is 3.50. The molecule has 0 aromatic rings. The smallest absolute Gasteiger partial charge is 0.0615 e. The van der Waals surface area contributed by atoms with Crippen LogP contribution in [0.15, 0.2) is 0 Å². The molecule has 0 spiro atoms. The zero-order valence-electron chi connectivity index (χ0n) is 9.88. The van der Waals surface area contributed by atoms with E-state index in [1.54, 1.807) is 7.11 Å². The Morgan fingerprint density at radius 2 is 2.00 bits per heavy atom. The first-order valence-electron chi connectivity index (χ1n) is 5.63. The van der Waals surface area contributed by atoms with E-state index < -0.39 is 0 Å². The zero-order valence-corrected chi connectivity index (χ0v) is 9.88. The maximum absolute atomic E-state index is 5.48. The summed E-state index contributed by atoms with van der Waals surface area (Å²) in [7, 11) is 1.75. The average molecular weight is 202 g/mol. The van der Waals surface area contributed by atoms with Gasteiger partial charge in [-0.3, -0.25) is 0 Å². The zero-order chi connectivity index (χ0) is 10.8. The predicted octanol–water partition coefficient (Wildman–Crippen LogP) is 1.38. The van der Waals surface area contributed by atoms with Gasteiger partial charge in [0.2, 0.25) is 0 Å². The Labute approximate surface area is 88.4 Å². The first-order valence-corrected chi connectivity index (χ1v) is 5.63. The summed E-state index contributed by atoms with van der Waals surface area (Å²) in [6, 6.07) is 0.474. The van der Waals surface area contributed by atoms with Crippen molar-refractivity contribution in [2.24, 2.45) is 11.7 Å². The molecule has 0 saturated heterocycles. The lowest BCUT2D eigenvalue weighted by Gasteiger charge is -2.18. The molecule has 0 radical (unpaired) electrons. The molecule has 0 rings (SSSR count). The Morgan fingerprint density at radius 3 is 2.50 bits per heavy atom. The van der Waals surface area contributed by atoms with Gasteiger partial charge in [-0.25, -0.2) is 0 Å². The second-order valence-corrected chi connectivity index (χ2v) is 4.22. The van der Waals surface area contributed by atoms with Crippen LogP contribution in [-0.2, 0) is 4.74 Å². The first-order chi connectivity index (χ1) is 6.70. The quantitative estimate of drug-likeness (QED) is 0.594. The number of nitrogens with two attached hydrogens (primary N) is 1. The van der Waals surface area contributed by atoms with Crippen molar-refractivity contribution in [2.75, 3.05) is 26.8 Å². The summed E-state index contributed by atoms with van der Waals surface area (Å²) in [5.74, 6) is 0.764. The molecule has 0 aromatic heterocycles. The lowest BCUT2D eigenvalue weighted by atomic mass is 10.1. The van der Waals surface area contributed by atoms with Crippen molar-refractivity contribution in [2.45, 2.75) is 39.2 Å². The summed E-state index contributed by atoms with van der Waals surface area (Å²) < 4.78 is 5.16. The number of nitrogens with one attached hydrogen (secondary N) is 1. The second-order valence-electron chi connectivity index (χ2n) is 4.22. The molecule has 3 nitrogen and oxygen atoms in total. The van der Waals surface area contributed by atoms with Crippen LogP contribution in [0.5, 0.6) is 0 Å². The molecule has 1 atom stereocenters. The molecule has 0 aliphatic carbocycles. The minimum Gasteiger partial charge on any atom is -0.383 e. The third-order valence-electron chi connectivity index (χ3n) is 2.28. The van der Waals surface area contributed by atoms with E-state index in [2.05, 4.69) is 19.2 Å². The van der Waals surface area contributed by atoms with Crippen LogP contribution in [0.3, 0.4) is 0 Å². The van der Waals surface area contributed by atoms with Crippen molar-refractivity contribution < 1.29 is 4.74 Å². The highest BCUT2D eigenvalue weighted by Gasteiger charge is 2.06. The standard InChI is InChI=1S/C11H26N2O/c1-10(2)6-8-13-11(9-14-3)5-4-7-12/h10-11,13H,4-9,12H2,1-3H3. The van der Waals surface area contributed by atoms with Crippen LogP contribution in [0.4, 0.5) is 0 Å². The van der Waals surface area contributed by atoms with Crippen molar-refractivity contribution in [1.29, 1.82) is 0 Å². The molecule has 0 saturated carbocycles. The summed E-state index contributed by atoms with van der Waals surface area (Å²) in [5, 5.41) is 3.51. The van der Waals surface area contributed by atoms with Gasteiger partial charge in [0.05, 0.1) is 6.61 Å². The molecule has 0 heterocycles. The van der Waals surface area contributed by atoms with E-state index >= 15 is 0 Å². The van der Waals surface area contributed by atoms with Gasteiger partial charge in [-0.15, -0.1) is 0 Å². The van der Waals surface area contributed by atoms with Crippen LogP contribution in [0.2, 0.25) is 0 Å². The molecular weight excluding hydrogens is 176 g/mol. The van der Waals surface area contributed by atoms with Crippen molar-refractivity contribution in [3.05, 3.63) is 0 Å². The normalized spacial score (nSPS) is 13.5. The monoisotopic (exact) mass is 202 g/mol. The topological polar surface area (TPSA) is 47.3 Å². The highest BCUT2D eigenvalue weighted by Crippen LogP contribution is 2.00. The van der Waals surface area contributed by atoms with Crippen LogP contribution in [0, 0.1) is 5.92 Å². The fourth-order valence-corrected chi connectivity index (χ4v) is 1.39. The van der Waals surface area contributed by atoms with E-state index in [9.17, 15) is 0 Å². The Hall–Kier alpha value is -0.120. The maximum atomic E-state index is 5.48. The summed E-state index contributed by atoms with van der Waals surface area (Å²) in [6.45, 7) is 7.13. The molecule has 0 amide bonds. The van der Waals surface area contributed by atoms with Crippen LogP contribution >= 0.6 is 0 Å².